The molecule has 4 nitrogen and oxygen atoms in total. The maximum absolute atomic E-state index is 11.8. The van der Waals surface area contributed by atoms with Crippen LogP contribution in [-0.4, -0.2) is 22.6 Å². The predicted molar refractivity (Wildman–Crippen MR) is 95.7 cm³/mol. The molecule has 1 unspecified atom stereocenters. The minimum atomic E-state index is -1.14. The Labute approximate surface area is 146 Å². The molecule has 0 radical (unpaired) electrons. The molecule has 1 rings (SSSR count). The van der Waals surface area contributed by atoms with Crippen LogP contribution in [0.25, 0.3) is 0 Å². The number of hydrogen-bond acceptors (Lipinski definition) is 3. The van der Waals surface area contributed by atoms with Gasteiger partial charge in [-0.3, -0.25) is 0 Å². The summed E-state index contributed by atoms with van der Waals surface area (Å²) in [5.74, 6) is -0.340. The van der Waals surface area contributed by atoms with Crippen molar-refractivity contribution in [2.24, 2.45) is 17.3 Å². The van der Waals surface area contributed by atoms with E-state index < -0.39 is 17.5 Å². The van der Waals surface area contributed by atoms with E-state index in [1.807, 2.05) is 13.8 Å². The van der Waals surface area contributed by atoms with Gasteiger partial charge < -0.3 is 9.84 Å². The monoisotopic (exact) mass is 338 g/mol. The van der Waals surface area contributed by atoms with E-state index in [9.17, 15) is 9.59 Å². The molecule has 0 spiro atoms. The van der Waals surface area contributed by atoms with E-state index >= 15 is 0 Å². The Balaban J connectivity index is 2.57. The standard InChI is InChI=1S/C20H34O4/c1-6-19(3,4)16-10-8-15(9-11-16)14-20(5,7-2)24-18(23)13-12-17(21)22/h12-13,15-16H,6-11,14H2,1-5H3,(H,21,22)/b13-12+. The molecule has 0 aliphatic heterocycles. The second-order valence-electron chi connectivity index (χ2n) is 8.16. The lowest BCUT2D eigenvalue weighted by Crippen LogP contribution is -2.35. The zero-order chi connectivity index (χ0) is 18.4. The van der Waals surface area contributed by atoms with Gasteiger partial charge in [-0.05, 0) is 49.9 Å². The fraction of sp³-hybridized carbons (Fsp3) is 0.800. The summed E-state index contributed by atoms with van der Waals surface area (Å²) in [6, 6.07) is 0. The van der Waals surface area contributed by atoms with Gasteiger partial charge in [-0.2, -0.15) is 0 Å². The van der Waals surface area contributed by atoms with Crippen LogP contribution >= 0.6 is 0 Å². The minimum Gasteiger partial charge on any atom is -0.478 e. The van der Waals surface area contributed by atoms with Crippen LogP contribution in [0.4, 0.5) is 0 Å². The lowest BCUT2D eigenvalue weighted by Gasteiger charge is -2.41. The number of esters is 1. The highest BCUT2D eigenvalue weighted by Crippen LogP contribution is 2.44. The van der Waals surface area contributed by atoms with Gasteiger partial charge in [-0.15, -0.1) is 0 Å². The Morgan fingerprint density at radius 1 is 1.04 bits per heavy atom. The number of aliphatic carboxylic acids is 1. The largest absolute Gasteiger partial charge is 0.478 e. The molecular formula is C20H34O4. The highest BCUT2D eigenvalue weighted by Gasteiger charge is 2.35. The molecule has 0 aromatic heterocycles. The van der Waals surface area contributed by atoms with E-state index in [1.54, 1.807) is 0 Å². The van der Waals surface area contributed by atoms with Gasteiger partial charge in [-0.1, -0.05) is 47.0 Å². The lowest BCUT2D eigenvalue weighted by molar-refractivity contribution is -0.154. The van der Waals surface area contributed by atoms with Crippen LogP contribution in [0, 0.1) is 17.3 Å². The summed E-state index contributed by atoms with van der Waals surface area (Å²) in [7, 11) is 0. The van der Waals surface area contributed by atoms with Gasteiger partial charge in [0.05, 0.1) is 0 Å². The summed E-state index contributed by atoms with van der Waals surface area (Å²) in [4.78, 5) is 22.3. The van der Waals surface area contributed by atoms with Gasteiger partial charge in [-0.25, -0.2) is 9.59 Å². The Bertz CT molecular complexity index is 458. The van der Waals surface area contributed by atoms with Crippen molar-refractivity contribution in [1.29, 1.82) is 0 Å². The molecule has 0 amide bonds. The quantitative estimate of drug-likeness (QED) is 0.501. The maximum atomic E-state index is 11.8. The summed E-state index contributed by atoms with van der Waals surface area (Å²) in [6.07, 6.45) is 9.50. The maximum Gasteiger partial charge on any atom is 0.331 e. The number of carboxylic acid groups (broad SMARTS) is 1. The number of carbonyl (C=O) groups is 2. The van der Waals surface area contributed by atoms with E-state index in [2.05, 4.69) is 20.8 Å². The lowest BCUT2D eigenvalue weighted by atomic mass is 9.66. The minimum absolute atomic E-state index is 0.410. The third kappa shape index (κ3) is 6.29. The highest BCUT2D eigenvalue weighted by atomic mass is 16.6. The van der Waals surface area contributed by atoms with Gasteiger partial charge in [0.15, 0.2) is 0 Å². The van der Waals surface area contributed by atoms with Crippen molar-refractivity contribution < 1.29 is 19.4 Å². The van der Waals surface area contributed by atoms with Gasteiger partial charge >= 0.3 is 11.9 Å². The van der Waals surface area contributed by atoms with Gasteiger partial charge in [0.25, 0.3) is 0 Å². The summed E-state index contributed by atoms with van der Waals surface area (Å²) in [6.45, 7) is 11.0. The van der Waals surface area contributed by atoms with Crippen LogP contribution in [0.15, 0.2) is 12.2 Å². The van der Waals surface area contributed by atoms with Crippen molar-refractivity contribution in [2.45, 2.75) is 85.2 Å². The van der Waals surface area contributed by atoms with Crippen molar-refractivity contribution in [1.82, 2.24) is 0 Å². The number of rotatable bonds is 8. The molecule has 1 fully saturated rings. The smallest absolute Gasteiger partial charge is 0.331 e. The van der Waals surface area contributed by atoms with Crippen LogP contribution in [0.3, 0.4) is 0 Å². The molecule has 1 aliphatic carbocycles. The second-order valence-corrected chi connectivity index (χ2v) is 8.16. The number of carbonyl (C=O) groups excluding carboxylic acids is 1. The molecule has 24 heavy (non-hydrogen) atoms. The fourth-order valence-electron chi connectivity index (χ4n) is 3.72. The highest BCUT2D eigenvalue weighted by molar-refractivity contribution is 5.90. The average Bonchev–Trinajstić information content (AvgIpc) is 2.53. The van der Waals surface area contributed by atoms with Crippen molar-refractivity contribution in [2.75, 3.05) is 0 Å². The van der Waals surface area contributed by atoms with E-state index in [0.29, 0.717) is 11.3 Å². The van der Waals surface area contributed by atoms with E-state index in [0.717, 1.165) is 30.9 Å². The first kappa shape index (κ1) is 20.7. The van der Waals surface area contributed by atoms with Crippen LogP contribution in [0.5, 0.6) is 0 Å². The first-order chi connectivity index (χ1) is 11.1. The summed E-state index contributed by atoms with van der Waals surface area (Å²) < 4.78 is 5.57. The topological polar surface area (TPSA) is 63.6 Å². The molecule has 1 saturated carbocycles. The molecule has 0 saturated heterocycles. The Kier molecular flexibility index (Phi) is 7.50. The first-order valence-corrected chi connectivity index (χ1v) is 9.26. The Morgan fingerprint density at radius 2 is 1.62 bits per heavy atom. The number of hydrogen-bond donors (Lipinski definition) is 1. The normalized spacial score (nSPS) is 24.5. The van der Waals surface area contributed by atoms with E-state index in [1.165, 1.54) is 32.1 Å². The second kappa shape index (κ2) is 8.68. The van der Waals surface area contributed by atoms with Crippen LogP contribution in [0.1, 0.15) is 79.6 Å². The van der Waals surface area contributed by atoms with Crippen LogP contribution in [-0.2, 0) is 14.3 Å². The van der Waals surface area contributed by atoms with Crippen molar-refractivity contribution in [3.63, 3.8) is 0 Å². The zero-order valence-electron chi connectivity index (χ0n) is 15.9. The first-order valence-electron chi connectivity index (χ1n) is 9.26. The zero-order valence-corrected chi connectivity index (χ0v) is 15.9. The molecule has 1 N–H and O–H groups in total. The summed E-state index contributed by atoms with van der Waals surface area (Å²) >= 11 is 0. The van der Waals surface area contributed by atoms with Gasteiger partial charge in [0.1, 0.15) is 5.60 Å². The molecule has 4 heteroatoms. The molecule has 0 bridgehead atoms. The van der Waals surface area contributed by atoms with Crippen LogP contribution in [0.2, 0.25) is 0 Å². The van der Waals surface area contributed by atoms with Crippen molar-refractivity contribution in [3.8, 4) is 0 Å². The summed E-state index contributed by atoms with van der Waals surface area (Å²) in [5, 5.41) is 8.60. The van der Waals surface area contributed by atoms with Gasteiger partial charge in [0.2, 0.25) is 0 Å². The summed E-state index contributed by atoms with van der Waals surface area (Å²) in [5.41, 5.74) is -0.106. The SMILES string of the molecule is CCC(C)(CC1CCC(C(C)(C)CC)CC1)OC(=O)/C=C/C(=O)O. The molecule has 0 aromatic carbocycles. The Morgan fingerprint density at radius 3 is 2.08 bits per heavy atom. The third-order valence-corrected chi connectivity index (χ3v) is 6.04. The molecular weight excluding hydrogens is 304 g/mol. The number of carboxylic acids is 1. The average molecular weight is 338 g/mol. The molecule has 1 aliphatic rings. The Hall–Kier alpha value is -1.32. The van der Waals surface area contributed by atoms with E-state index in [4.69, 9.17) is 9.84 Å². The predicted octanol–water partition coefficient (Wildman–Crippen LogP) is 4.97. The molecule has 138 valence electrons. The van der Waals surface area contributed by atoms with Crippen molar-refractivity contribution >= 4 is 11.9 Å². The van der Waals surface area contributed by atoms with Crippen LogP contribution < -0.4 is 0 Å². The molecule has 0 heterocycles. The van der Waals surface area contributed by atoms with Crippen molar-refractivity contribution in [3.05, 3.63) is 12.2 Å². The fourth-order valence-corrected chi connectivity index (χ4v) is 3.72. The molecule has 1 atom stereocenters. The van der Waals surface area contributed by atoms with E-state index in [-0.39, 0.29) is 0 Å². The number of ether oxygens (including phenoxy) is 1. The van der Waals surface area contributed by atoms with Gasteiger partial charge in [0, 0.05) is 12.2 Å². The molecule has 0 aromatic rings. The third-order valence-electron chi connectivity index (χ3n) is 6.04.